The number of hydrogen-bond donors (Lipinski definition) is 1. The predicted molar refractivity (Wildman–Crippen MR) is 62.0 cm³/mol. The number of thiocarbonyl (C=S) groups is 1. The SMILES string of the molecule is CC#CCNC(=S)Cc1ccccn1. The summed E-state index contributed by atoms with van der Waals surface area (Å²) in [6.45, 7) is 2.42. The van der Waals surface area contributed by atoms with Gasteiger partial charge in [-0.15, -0.1) is 5.92 Å². The summed E-state index contributed by atoms with van der Waals surface area (Å²) >= 11 is 5.13. The van der Waals surface area contributed by atoms with E-state index in [1.54, 1.807) is 6.20 Å². The van der Waals surface area contributed by atoms with Gasteiger partial charge in [-0.05, 0) is 19.1 Å². The average molecular weight is 204 g/mol. The minimum Gasteiger partial charge on any atom is -0.368 e. The summed E-state index contributed by atoms with van der Waals surface area (Å²) in [5, 5.41) is 3.05. The highest BCUT2D eigenvalue weighted by Crippen LogP contribution is 1.95. The van der Waals surface area contributed by atoms with E-state index in [1.165, 1.54) is 0 Å². The van der Waals surface area contributed by atoms with Crippen LogP contribution in [0.2, 0.25) is 0 Å². The Morgan fingerprint density at radius 3 is 3.07 bits per heavy atom. The molecular weight excluding hydrogens is 192 g/mol. The maximum absolute atomic E-state index is 5.13. The molecule has 3 heteroatoms. The first-order valence-corrected chi connectivity index (χ1v) is 4.80. The summed E-state index contributed by atoms with van der Waals surface area (Å²) in [7, 11) is 0. The fourth-order valence-corrected chi connectivity index (χ4v) is 1.18. The number of aromatic nitrogens is 1. The van der Waals surface area contributed by atoms with Gasteiger partial charge < -0.3 is 5.32 Å². The van der Waals surface area contributed by atoms with Crippen LogP contribution in [0.4, 0.5) is 0 Å². The second-order valence-corrected chi connectivity index (χ2v) is 3.19. The zero-order valence-corrected chi connectivity index (χ0v) is 8.90. The van der Waals surface area contributed by atoms with E-state index in [4.69, 9.17) is 12.2 Å². The molecule has 1 aromatic heterocycles. The predicted octanol–water partition coefficient (Wildman–Crippen LogP) is 1.56. The summed E-state index contributed by atoms with van der Waals surface area (Å²) in [6, 6.07) is 5.80. The molecule has 0 aliphatic carbocycles. The fraction of sp³-hybridized carbons (Fsp3) is 0.273. The van der Waals surface area contributed by atoms with E-state index in [0.717, 1.165) is 10.7 Å². The van der Waals surface area contributed by atoms with Crippen LogP contribution in [0, 0.1) is 11.8 Å². The van der Waals surface area contributed by atoms with Gasteiger partial charge in [-0.25, -0.2) is 0 Å². The lowest BCUT2D eigenvalue weighted by Gasteiger charge is -2.03. The molecule has 1 heterocycles. The molecule has 0 fully saturated rings. The number of pyridine rings is 1. The van der Waals surface area contributed by atoms with Crippen LogP contribution in [0.5, 0.6) is 0 Å². The summed E-state index contributed by atoms with van der Waals surface area (Å²) < 4.78 is 0. The largest absolute Gasteiger partial charge is 0.368 e. The maximum Gasteiger partial charge on any atom is 0.0821 e. The molecule has 0 aliphatic rings. The van der Waals surface area contributed by atoms with Crippen LogP contribution in [0.15, 0.2) is 24.4 Å². The van der Waals surface area contributed by atoms with Gasteiger partial charge >= 0.3 is 0 Å². The molecule has 14 heavy (non-hydrogen) atoms. The molecule has 1 N–H and O–H groups in total. The van der Waals surface area contributed by atoms with E-state index >= 15 is 0 Å². The van der Waals surface area contributed by atoms with Gasteiger partial charge in [0, 0.05) is 18.3 Å². The van der Waals surface area contributed by atoms with Gasteiger partial charge in [0.2, 0.25) is 0 Å². The summed E-state index contributed by atoms with van der Waals surface area (Å²) in [4.78, 5) is 4.97. The standard InChI is InChI=1S/C11H12N2S/c1-2-3-7-13-11(14)9-10-6-4-5-8-12-10/h4-6,8H,7,9H2,1H3,(H,13,14). The smallest absolute Gasteiger partial charge is 0.0821 e. The van der Waals surface area contributed by atoms with Gasteiger partial charge in [-0.1, -0.05) is 24.2 Å². The minimum atomic E-state index is 0.613. The molecule has 0 aliphatic heterocycles. The molecule has 0 bridgehead atoms. The topological polar surface area (TPSA) is 24.9 Å². The van der Waals surface area contributed by atoms with E-state index in [0.29, 0.717) is 13.0 Å². The monoisotopic (exact) mass is 204 g/mol. The first kappa shape index (κ1) is 10.7. The van der Waals surface area contributed by atoms with Crippen LogP contribution in [0.3, 0.4) is 0 Å². The van der Waals surface area contributed by atoms with Gasteiger partial charge in [0.05, 0.1) is 11.5 Å². The highest BCUT2D eigenvalue weighted by Gasteiger charge is 1.97. The van der Waals surface area contributed by atoms with Crippen LogP contribution >= 0.6 is 12.2 Å². The molecule has 0 saturated heterocycles. The summed E-state index contributed by atoms with van der Waals surface area (Å²) in [5.74, 6) is 5.70. The molecule has 0 unspecified atom stereocenters. The Morgan fingerprint density at radius 1 is 1.57 bits per heavy atom. The highest BCUT2D eigenvalue weighted by atomic mass is 32.1. The third-order valence-electron chi connectivity index (χ3n) is 1.62. The quantitative estimate of drug-likeness (QED) is 0.597. The number of hydrogen-bond acceptors (Lipinski definition) is 2. The number of nitrogens with zero attached hydrogens (tertiary/aromatic N) is 1. The second kappa shape index (κ2) is 6.11. The average Bonchev–Trinajstić information content (AvgIpc) is 2.20. The molecule has 1 aromatic rings. The summed E-state index contributed by atoms with van der Waals surface area (Å²) in [6.07, 6.45) is 2.45. The summed E-state index contributed by atoms with van der Waals surface area (Å²) in [5.41, 5.74) is 0.981. The Bertz CT molecular complexity index is 349. The van der Waals surface area contributed by atoms with Crippen molar-refractivity contribution in [3.05, 3.63) is 30.1 Å². The van der Waals surface area contributed by atoms with Gasteiger partial charge in [0.15, 0.2) is 0 Å². The number of rotatable bonds is 3. The lowest BCUT2D eigenvalue weighted by atomic mass is 10.3. The first-order chi connectivity index (χ1) is 6.83. The van der Waals surface area contributed by atoms with Crippen LogP contribution in [-0.2, 0) is 6.42 Å². The van der Waals surface area contributed by atoms with E-state index in [2.05, 4.69) is 22.1 Å². The second-order valence-electron chi connectivity index (χ2n) is 2.70. The van der Waals surface area contributed by atoms with Crippen molar-refractivity contribution in [1.82, 2.24) is 10.3 Å². The molecule has 72 valence electrons. The van der Waals surface area contributed by atoms with Crippen molar-refractivity contribution in [2.75, 3.05) is 6.54 Å². The Morgan fingerprint density at radius 2 is 2.43 bits per heavy atom. The van der Waals surface area contributed by atoms with Crippen molar-refractivity contribution in [3.8, 4) is 11.8 Å². The number of nitrogens with one attached hydrogen (secondary N) is 1. The molecule has 0 amide bonds. The molecule has 0 saturated carbocycles. The highest BCUT2D eigenvalue weighted by molar-refractivity contribution is 7.80. The van der Waals surface area contributed by atoms with Gasteiger partial charge in [0.1, 0.15) is 0 Å². The van der Waals surface area contributed by atoms with Crippen molar-refractivity contribution in [2.24, 2.45) is 0 Å². The van der Waals surface area contributed by atoms with Crippen molar-refractivity contribution in [3.63, 3.8) is 0 Å². The van der Waals surface area contributed by atoms with Gasteiger partial charge in [-0.3, -0.25) is 4.98 Å². The molecule has 2 nitrogen and oxygen atoms in total. The van der Waals surface area contributed by atoms with E-state index in [9.17, 15) is 0 Å². The van der Waals surface area contributed by atoms with E-state index in [-0.39, 0.29) is 0 Å². The third kappa shape index (κ3) is 4.01. The third-order valence-corrected chi connectivity index (χ3v) is 1.91. The van der Waals surface area contributed by atoms with Crippen LogP contribution in [-0.4, -0.2) is 16.5 Å². The van der Waals surface area contributed by atoms with E-state index < -0.39 is 0 Å². The Hall–Kier alpha value is -1.40. The van der Waals surface area contributed by atoms with Crippen LogP contribution < -0.4 is 5.32 Å². The van der Waals surface area contributed by atoms with Crippen molar-refractivity contribution in [2.45, 2.75) is 13.3 Å². The molecule has 0 spiro atoms. The fourth-order valence-electron chi connectivity index (χ4n) is 0.961. The first-order valence-electron chi connectivity index (χ1n) is 4.39. The Labute approximate surface area is 89.7 Å². The lowest BCUT2D eigenvalue weighted by molar-refractivity contribution is 1.03. The van der Waals surface area contributed by atoms with Gasteiger partial charge in [0.25, 0.3) is 0 Å². The minimum absolute atomic E-state index is 0.613. The zero-order valence-electron chi connectivity index (χ0n) is 8.08. The molecular formula is C11H12N2S. The lowest BCUT2D eigenvalue weighted by Crippen LogP contribution is -2.23. The van der Waals surface area contributed by atoms with Gasteiger partial charge in [-0.2, -0.15) is 0 Å². The van der Waals surface area contributed by atoms with E-state index in [1.807, 2.05) is 25.1 Å². The molecule has 0 radical (unpaired) electrons. The maximum atomic E-state index is 5.13. The molecule has 0 aromatic carbocycles. The van der Waals surface area contributed by atoms with Crippen molar-refractivity contribution < 1.29 is 0 Å². The molecule has 1 rings (SSSR count). The normalized spacial score (nSPS) is 8.64. The Kier molecular flexibility index (Phi) is 4.66. The van der Waals surface area contributed by atoms with Crippen LogP contribution in [0.1, 0.15) is 12.6 Å². The molecule has 0 atom stereocenters. The van der Waals surface area contributed by atoms with Crippen molar-refractivity contribution >= 4 is 17.2 Å². The zero-order chi connectivity index (χ0) is 10.2. The van der Waals surface area contributed by atoms with Crippen LogP contribution in [0.25, 0.3) is 0 Å². The Balaban J connectivity index is 2.37. The van der Waals surface area contributed by atoms with Crippen molar-refractivity contribution in [1.29, 1.82) is 0 Å².